The molecule has 0 spiro atoms. The van der Waals surface area contributed by atoms with Crippen molar-refractivity contribution >= 4 is 11.9 Å². The minimum Gasteiger partial charge on any atom is -0.481 e. The van der Waals surface area contributed by atoms with Crippen LogP contribution in [0.2, 0.25) is 0 Å². The molecule has 5 aliphatic carbocycles. The molecule has 7 aliphatic rings. The Morgan fingerprint density at radius 1 is 0.741 bits per heavy atom. The van der Waals surface area contributed by atoms with Gasteiger partial charge in [-0.25, -0.2) is 0 Å². The number of hydrogen-bond acceptors (Lipinski definition) is 14. The molecule has 0 aromatic carbocycles. The van der Waals surface area contributed by atoms with Crippen LogP contribution in [0.15, 0.2) is 11.6 Å². The highest BCUT2D eigenvalue weighted by molar-refractivity contribution is 5.80. The average molecular weight is 825 g/mol. The van der Waals surface area contributed by atoms with E-state index in [4.69, 9.17) is 23.7 Å². The van der Waals surface area contributed by atoms with Crippen LogP contribution in [-0.4, -0.2) is 141 Å². The van der Waals surface area contributed by atoms with Crippen LogP contribution in [0.5, 0.6) is 0 Å². The SMILES string of the molecule is COC(=O)[C@@]1(C)CC[C@]2(C(=O)O)CC[C@]3(C)C(=CC[C@@H]4[C@@]5(C)CC[C@H](O[C@@H]6O[C@H](CO)[C@H](O[C@@H]7O[C@H](CO)[C@H](O)[C@H](O)[C@H]7O)[C@H](O)[C@H]6O)C(C)(C)[C@@H]5CC[C@]43C)C2C1. The number of aliphatic hydroxyl groups excluding tert-OH is 7. The number of carboxylic acids is 1. The Labute approximate surface area is 341 Å². The Hall–Kier alpha value is -1.76. The van der Waals surface area contributed by atoms with Crippen LogP contribution >= 0.6 is 0 Å². The zero-order valence-electron chi connectivity index (χ0n) is 35.1. The lowest BCUT2D eigenvalue weighted by Crippen LogP contribution is -2.67. The Morgan fingerprint density at radius 3 is 2.00 bits per heavy atom. The third-order valence-corrected chi connectivity index (χ3v) is 17.7. The normalized spacial score (nSPS) is 52.6. The van der Waals surface area contributed by atoms with E-state index < -0.39 is 103 Å². The molecular formula is C43H68O15. The minimum atomic E-state index is -1.76. The Kier molecular flexibility index (Phi) is 11.6. The zero-order valence-corrected chi connectivity index (χ0v) is 35.1. The summed E-state index contributed by atoms with van der Waals surface area (Å²) in [6.45, 7) is 12.1. The van der Waals surface area contributed by atoms with Crippen LogP contribution in [0.4, 0.5) is 0 Å². The van der Waals surface area contributed by atoms with Crippen LogP contribution in [0.3, 0.4) is 0 Å². The van der Waals surface area contributed by atoms with Gasteiger partial charge in [0.05, 0.1) is 37.3 Å². The quantitative estimate of drug-likeness (QED) is 0.0993. The third kappa shape index (κ3) is 6.38. The number of aliphatic carboxylic acids is 1. The molecule has 7 rings (SSSR count). The molecule has 1 unspecified atom stereocenters. The largest absolute Gasteiger partial charge is 0.481 e. The number of carboxylic acid groups (broad SMARTS) is 1. The van der Waals surface area contributed by atoms with E-state index in [9.17, 15) is 50.4 Å². The highest BCUT2D eigenvalue weighted by Gasteiger charge is 2.70. The lowest BCUT2D eigenvalue weighted by atomic mass is 9.33. The molecule has 4 saturated carbocycles. The van der Waals surface area contributed by atoms with Gasteiger partial charge in [-0.15, -0.1) is 0 Å². The lowest BCUT2D eigenvalue weighted by Gasteiger charge is -2.71. The van der Waals surface area contributed by atoms with E-state index in [0.717, 1.165) is 32.1 Å². The van der Waals surface area contributed by atoms with Gasteiger partial charge in [-0.3, -0.25) is 9.59 Å². The summed E-state index contributed by atoms with van der Waals surface area (Å²) in [5, 5.41) is 84.3. The molecule has 0 aromatic rings. The highest BCUT2D eigenvalue weighted by atomic mass is 16.7. The van der Waals surface area contributed by atoms with Gasteiger partial charge in [0.2, 0.25) is 0 Å². The summed E-state index contributed by atoms with van der Waals surface area (Å²) in [6, 6.07) is 0. The Bertz CT molecular complexity index is 1600. The average Bonchev–Trinajstić information content (AvgIpc) is 3.18. The van der Waals surface area contributed by atoms with Gasteiger partial charge < -0.3 is 64.5 Å². The van der Waals surface area contributed by atoms with Gasteiger partial charge >= 0.3 is 11.9 Å². The first-order chi connectivity index (χ1) is 27.1. The second-order valence-electron chi connectivity index (χ2n) is 20.6. The smallest absolute Gasteiger partial charge is 0.311 e. The summed E-state index contributed by atoms with van der Waals surface area (Å²) in [4.78, 5) is 26.3. The van der Waals surface area contributed by atoms with Crippen LogP contribution in [0, 0.1) is 50.2 Å². The van der Waals surface area contributed by atoms with Crippen molar-refractivity contribution in [1.82, 2.24) is 0 Å². The van der Waals surface area contributed by atoms with Crippen molar-refractivity contribution in [3.63, 3.8) is 0 Å². The molecule has 0 aromatic heterocycles. The topological polar surface area (TPSA) is 242 Å². The summed E-state index contributed by atoms with van der Waals surface area (Å²) in [7, 11) is 1.41. The second-order valence-corrected chi connectivity index (χ2v) is 20.6. The minimum absolute atomic E-state index is 0.112. The maximum atomic E-state index is 13.2. The summed E-state index contributed by atoms with van der Waals surface area (Å²) in [6.07, 6.45) is -6.44. The fraction of sp³-hybridized carbons (Fsp3) is 0.907. The molecule has 0 amide bonds. The van der Waals surface area contributed by atoms with Gasteiger partial charge in [0, 0.05) is 0 Å². The highest BCUT2D eigenvalue weighted by Crippen LogP contribution is 2.76. The first-order valence-corrected chi connectivity index (χ1v) is 21.4. The molecule has 58 heavy (non-hydrogen) atoms. The summed E-state index contributed by atoms with van der Waals surface area (Å²) in [5.41, 5.74) is -1.36. The molecule has 2 aliphatic heterocycles. The van der Waals surface area contributed by atoms with Crippen molar-refractivity contribution in [2.45, 2.75) is 173 Å². The van der Waals surface area contributed by atoms with Gasteiger partial charge in [0.25, 0.3) is 0 Å². The van der Waals surface area contributed by atoms with Gasteiger partial charge in [0.1, 0.15) is 48.8 Å². The molecule has 6 fully saturated rings. The van der Waals surface area contributed by atoms with Crippen molar-refractivity contribution in [2.75, 3.05) is 20.3 Å². The molecule has 2 heterocycles. The lowest BCUT2D eigenvalue weighted by molar-refractivity contribution is -0.368. The number of carbonyl (C=O) groups is 2. The van der Waals surface area contributed by atoms with Crippen LogP contribution in [0.1, 0.15) is 106 Å². The fourth-order valence-electron chi connectivity index (χ4n) is 13.9. The van der Waals surface area contributed by atoms with E-state index in [1.807, 2.05) is 6.92 Å². The molecule has 0 radical (unpaired) electrons. The molecular weight excluding hydrogens is 756 g/mol. The van der Waals surface area contributed by atoms with Gasteiger partial charge in [-0.1, -0.05) is 46.3 Å². The van der Waals surface area contributed by atoms with E-state index in [0.29, 0.717) is 32.1 Å². The number of ether oxygens (including phenoxy) is 5. The monoisotopic (exact) mass is 824 g/mol. The van der Waals surface area contributed by atoms with Crippen molar-refractivity contribution < 1.29 is 74.1 Å². The molecule has 0 bridgehead atoms. The maximum absolute atomic E-state index is 13.2. The number of aliphatic hydroxyl groups is 7. The maximum Gasteiger partial charge on any atom is 0.311 e. The molecule has 15 nitrogen and oxygen atoms in total. The van der Waals surface area contributed by atoms with Crippen molar-refractivity contribution in [2.24, 2.45) is 50.2 Å². The molecule has 8 N–H and O–H groups in total. The van der Waals surface area contributed by atoms with Gasteiger partial charge in [-0.05, 0) is 111 Å². The van der Waals surface area contributed by atoms with Crippen molar-refractivity contribution in [3.8, 4) is 0 Å². The number of methoxy groups -OCH3 is 1. The van der Waals surface area contributed by atoms with E-state index in [-0.39, 0.29) is 40.0 Å². The van der Waals surface area contributed by atoms with E-state index in [2.05, 4.69) is 40.7 Å². The summed E-state index contributed by atoms with van der Waals surface area (Å²) in [5.74, 6) is -0.805. The molecule has 15 heteroatoms. The van der Waals surface area contributed by atoms with Crippen molar-refractivity contribution in [1.29, 1.82) is 0 Å². The first kappa shape index (κ1) is 44.3. The number of fused-ring (bicyclic) bond motifs is 7. The van der Waals surface area contributed by atoms with Crippen LogP contribution < -0.4 is 0 Å². The van der Waals surface area contributed by atoms with E-state index in [1.54, 1.807) is 0 Å². The zero-order chi connectivity index (χ0) is 42.5. The predicted octanol–water partition coefficient (Wildman–Crippen LogP) is 2.04. The van der Waals surface area contributed by atoms with E-state index in [1.165, 1.54) is 12.7 Å². The molecule has 330 valence electrons. The van der Waals surface area contributed by atoms with Crippen LogP contribution in [0.25, 0.3) is 0 Å². The predicted molar refractivity (Wildman–Crippen MR) is 204 cm³/mol. The number of carbonyl (C=O) groups excluding carboxylic acids is 1. The number of allylic oxidation sites excluding steroid dienone is 2. The van der Waals surface area contributed by atoms with Gasteiger partial charge in [-0.2, -0.15) is 0 Å². The standard InChI is InChI=1S/C43H68O15/c1-38(2)25-10-13-42(6)26(9-8-21-22-18-39(3,37(53)54-7)14-16-43(22,36(51)52)17-15-41(21,42)5)40(25,4)12-11-27(38)57-34-32(50)30(48)33(24(20-45)56-34)58-35-31(49)29(47)28(46)23(19-44)55-35/h8,22-35,44-50H,9-20H2,1-7H3,(H,51,52)/t22?,23-,24-,25+,26-,27+,28+,29+,30-,31-,32-,33+,34+,35+,39+,40+,41-,42-,43+/m1/s1. The molecule has 2 saturated heterocycles. The van der Waals surface area contributed by atoms with Gasteiger partial charge in [0.15, 0.2) is 12.6 Å². The van der Waals surface area contributed by atoms with Crippen LogP contribution in [-0.2, 0) is 33.3 Å². The third-order valence-electron chi connectivity index (χ3n) is 17.7. The summed E-state index contributed by atoms with van der Waals surface area (Å²) >= 11 is 0. The fourth-order valence-corrected chi connectivity index (χ4v) is 13.9. The first-order valence-electron chi connectivity index (χ1n) is 21.4. The molecule has 19 atom stereocenters. The summed E-state index contributed by atoms with van der Waals surface area (Å²) < 4.78 is 29.1. The number of rotatable bonds is 8. The Morgan fingerprint density at radius 2 is 1.36 bits per heavy atom. The van der Waals surface area contributed by atoms with Crippen molar-refractivity contribution in [3.05, 3.63) is 11.6 Å². The number of esters is 1. The van der Waals surface area contributed by atoms with E-state index >= 15 is 0 Å². The second kappa shape index (κ2) is 15.2. The number of hydrogen-bond donors (Lipinski definition) is 8. The Balaban J connectivity index is 1.10.